The number of hydrogen-bond donors (Lipinski definition) is 1. The highest BCUT2D eigenvalue weighted by Crippen LogP contribution is 2.31. The monoisotopic (exact) mass is 422 g/mol. The van der Waals surface area contributed by atoms with Crippen LogP contribution in [-0.2, 0) is 4.74 Å². The molecule has 1 fully saturated rings. The Morgan fingerprint density at radius 1 is 0.875 bits per heavy atom. The van der Waals surface area contributed by atoms with Crippen molar-refractivity contribution in [3.8, 4) is 22.3 Å². The number of carbonyl (C=O) groups is 1. The second-order valence-corrected chi connectivity index (χ2v) is 8.35. The number of hydrogen-bond acceptors (Lipinski definition) is 3. The van der Waals surface area contributed by atoms with E-state index in [0.717, 1.165) is 40.6 Å². The number of pyridine rings is 1. The lowest BCUT2D eigenvalue weighted by Gasteiger charge is -2.23. The topological polar surface area (TPSA) is 51.2 Å². The SMILES string of the molecule is Cc1cc(-c2ccc(-c3ccccc3)cc2)c2cc(C(=O)NC3CCOCC3)ccc2n1. The number of benzene rings is 3. The Bertz CT molecular complexity index is 1240. The smallest absolute Gasteiger partial charge is 0.251 e. The number of aryl methyl sites for hydroxylation is 1. The molecule has 4 aromatic rings. The number of nitrogens with zero attached hydrogens (tertiary/aromatic N) is 1. The third-order valence-corrected chi connectivity index (χ3v) is 6.06. The van der Waals surface area contributed by atoms with Crippen LogP contribution >= 0.6 is 0 Å². The van der Waals surface area contributed by atoms with Crippen LogP contribution in [0.5, 0.6) is 0 Å². The van der Waals surface area contributed by atoms with E-state index in [9.17, 15) is 4.79 Å². The van der Waals surface area contributed by atoms with Gasteiger partial charge in [-0.05, 0) is 66.3 Å². The molecule has 4 heteroatoms. The van der Waals surface area contributed by atoms with Crippen molar-refractivity contribution in [3.05, 3.63) is 90.1 Å². The van der Waals surface area contributed by atoms with Gasteiger partial charge < -0.3 is 10.1 Å². The third-order valence-electron chi connectivity index (χ3n) is 6.06. The van der Waals surface area contributed by atoms with E-state index in [2.05, 4.69) is 59.9 Å². The van der Waals surface area contributed by atoms with Crippen LogP contribution in [0.4, 0.5) is 0 Å². The van der Waals surface area contributed by atoms with Crippen LogP contribution < -0.4 is 5.32 Å². The van der Waals surface area contributed by atoms with Crippen LogP contribution in [0.2, 0.25) is 0 Å². The maximum Gasteiger partial charge on any atom is 0.251 e. The molecule has 5 rings (SSSR count). The van der Waals surface area contributed by atoms with Gasteiger partial charge in [0, 0.05) is 35.9 Å². The van der Waals surface area contributed by atoms with Gasteiger partial charge in [0.2, 0.25) is 0 Å². The fourth-order valence-corrected chi connectivity index (χ4v) is 4.32. The van der Waals surface area contributed by atoms with Crippen LogP contribution in [0.3, 0.4) is 0 Å². The van der Waals surface area contributed by atoms with Gasteiger partial charge in [-0.1, -0.05) is 54.6 Å². The first-order valence-electron chi connectivity index (χ1n) is 11.1. The molecular weight excluding hydrogens is 396 g/mol. The minimum atomic E-state index is -0.0373. The van der Waals surface area contributed by atoms with Gasteiger partial charge in [0.1, 0.15) is 0 Å². The second-order valence-electron chi connectivity index (χ2n) is 8.35. The summed E-state index contributed by atoms with van der Waals surface area (Å²) in [6, 6.07) is 27.0. The lowest BCUT2D eigenvalue weighted by Crippen LogP contribution is -2.38. The predicted molar refractivity (Wildman–Crippen MR) is 129 cm³/mol. The Kier molecular flexibility index (Phi) is 5.70. The summed E-state index contributed by atoms with van der Waals surface area (Å²) in [6.07, 6.45) is 1.72. The van der Waals surface area contributed by atoms with Gasteiger partial charge >= 0.3 is 0 Å². The van der Waals surface area contributed by atoms with Crippen molar-refractivity contribution in [2.24, 2.45) is 0 Å². The Morgan fingerprint density at radius 2 is 1.56 bits per heavy atom. The lowest BCUT2D eigenvalue weighted by atomic mass is 9.96. The van der Waals surface area contributed by atoms with Crippen molar-refractivity contribution in [2.75, 3.05) is 13.2 Å². The first kappa shape index (κ1) is 20.4. The normalized spacial score (nSPS) is 14.4. The molecule has 1 aliphatic rings. The molecule has 1 aliphatic heterocycles. The Morgan fingerprint density at radius 3 is 2.31 bits per heavy atom. The van der Waals surface area contributed by atoms with Gasteiger partial charge in [0.25, 0.3) is 5.91 Å². The highest BCUT2D eigenvalue weighted by atomic mass is 16.5. The van der Waals surface area contributed by atoms with Crippen molar-refractivity contribution in [2.45, 2.75) is 25.8 Å². The fourth-order valence-electron chi connectivity index (χ4n) is 4.32. The highest BCUT2D eigenvalue weighted by molar-refractivity contribution is 6.02. The summed E-state index contributed by atoms with van der Waals surface area (Å²) in [5.41, 5.74) is 7.10. The zero-order valence-corrected chi connectivity index (χ0v) is 18.2. The molecule has 0 bridgehead atoms. The van der Waals surface area contributed by atoms with Crippen molar-refractivity contribution < 1.29 is 9.53 Å². The standard InChI is InChI=1S/C28H26N2O2/c1-19-17-25(22-9-7-21(8-10-22)20-5-3-2-4-6-20)26-18-23(11-12-27(26)29-19)28(31)30-24-13-15-32-16-14-24/h2-12,17-18,24H,13-16H2,1H3,(H,30,31). The molecule has 1 saturated heterocycles. The van der Waals surface area contributed by atoms with Crippen LogP contribution in [-0.4, -0.2) is 30.1 Å². The molecule has 0 unspecified atom stereocenters. The molecule has 2 heterocycles. The number of rotatable bonds is 4. The largest absolute Gasteiger partial charge is 0.381 e. The molecule has 0 radical (unpaired) electrons. The molecule has 0 atom stereocenters. The summed E-state index contributed by atoms with van der Waals surface area (Å²) in [4.78, 5) is 17.6. The van der Waals surface area contributed by atoms with Crippen LogP contribution in [0.15, 0.2) is 78.9 Å². The van der Waals surface area contributed by atoms with E-state index < -0.39 is 0 Å². The van der Waals surface area contributed by atoms with Gasteiger partial charge in [0.05, 0.1) is 5.52 Å². The minimum absolute atomic E-state index is 0.0373. The lowest BCUT2D eigenvalue weighted by molar-refractivity contribution is 0.0696. The predicted octanol–water partition coefficient (Wildman–Crippen LogP) is 5.79. The minimum Gasteiger partial charge on any atom is -0.381 e. The maximum atomic E-state index is 12.9. The van der Waals surface area contributed by atoms with E-state index in [0.29, 0.717) is 18.8 Å². The molecule has 0 saturated carbocycles. The number of fused-ring (bicyclic) bond motifs is 1. The summed E-state index contributed by atoms with van der Waals surface area (Å²) < 4.78 is 5.40. The molecule has 1 aromatic heterocycles. The molecule has 32 heavy (non-hydrogen) atoms. The zero-order valence-electron chi connectivity index (χ0n) is 18.2. The summed E-state index contributed by atoms with van der Waals surface area (Å²) in [6.45, 7) is 3.41. The van der Waals surface area contributed by atoms with Crippen molar-refractivity contribution >= 4 is 16.8 Å². The molecular formula is C28H26N2O2. The number of amides is 1. The quantitative estimate of drug-likeness (QED) is 0.453. The number of carbonyl (C=O) groups excluding carboxylic acids is 1. The summed E-state index contributed by atoms with van der Waals surface area (Å²) in [5.74, 6) is -0.0373. The molecule has 1 amide bonds. The number of ether oxygens (including phenoxy) is 1. The van der Waals surface area contributed by atoms with Gasteiger partial charge in [-0.15, -0.1) is 0 Å². The number of nitrogens with one attached hydrogen (secondary N) is 1. The second kappa shape index (κ2) is 8.93. The molecule has 3 aromatic carbocycles. The summed E-state index contributed by atoms with van der Waals surface area (Å²) in [5, 5.41) is 4.15. The molecule has 1 N–H and O–H groups in total. The van der Waals surface area contributed by atoms with E-state index >= 15 is 0 Å². The van der Waals surface area contributed by atoms with Gasteiger partial charge in [-0.3, -0.25) is 9.78 Å². The third kappa shape index (κ3) is 4.27. The first-order chi connectivity index (χ1) is 15.7. The number of aromatic nitrogens is 1. The summed E-state index contributed by atoms with van der Waals surface area (Å²) >= 11 is 0. The van der Waals surface area contributed by atoms with Crippen molar-refractivity contribution in [1.82, 2.24) is 10.3 Å². The fraction of sp³-hybridized carbons (Fsp3) is 0.214. The van der Waals surface area contributed by atoms with Crippen LogP contribution in [0.25, 0.3) is 33.2 Å². The van der Waals surface area contributed by atoms with Crippen molar-refractivity contribution in [1.29, 1.82) is 0 Å². The average molecular weight is 423 g/mol. The zero-order chi connectivity index (χ0) is 21.9. The van der Waals surface area contributed by atoms with E-state index in [4.69, 9.17) is 9.72 Å². The molecule has 4 nitrogen and oxygen atoms in total. The summed E-state index contributed by atoms with van der Waals surface area (Å²) in [7, 11) is 0. The molecule has 0 aliphatic carbocycles. The average Bonchev–Trinajstić information content (AvgIpc) is 2.84. The van der Waals surface area contributed by atoms with Gasteiger partial charge in [0.15, 0.2) is 0 Å². The van der Waals surface area contributed by atoms with Crippen LogP contribution in [0, 0.1) is 6.92 Å². The molecule has 160 valence electrons. The van der Waals surface area contributed by atoms with Crippen LogP contribution in [0.1, 0.15) is 28.9 Å². The van der Waals surface area contributed by atoms with Crippen molar-refractivity contribution in [3.63, 3.8) is 0 Å². The van der Waals surface area contributed by atoms with E-state index in [1.165, 1.54) is 11.1 Å². The van der Waals surface area contributed by atoms with Gasteiger partial charge in [-0.25, -0.2) is 0 Å². The van der Waals surface area contributed by atoms with E-state index in [-0.39, 0.29) is 11.9 Å². The first-order valence-corrected chi connectivity index (χ1v) is 11.1. The highest BCUT2D eigenvalue weighted by Gasteiger charge is 2.18. The van der Waals surface area contributed by atoms with E-state index in [1.54, 1.807) is 0 Å². The Balaban J connectivity index is 1.49. The molecule has 0 spiro atoms. The van der Waals surface area contributed by atoms with Gasteiger partial charge in [-0.2, -0.15) is 0 Å². The Labute approximate surface area is 188 Å². The maximum absolute atomic E-state index is 12.9. The van der Waals surface area contributed by atoms with E-state index in [1.807, 2.05) is 31.2 Å². The Hall–Kier alpha value is -3.50.